The molecule has 0 bridgehead atoms. The van der Waals surface area contributed by atoms with Gasteiger partial charge in [0, 0.05) is 32.8 Å². The second-order valence-corrected chi connectivity index (χ2v) is 10.0. The van der Waals surface area contributed by atoms with Crippen molar-refractivity contribution in [1.29, 1.82) is 0 Å². The minimum Gasteiger partial charge on any atom is -0.506 e. The summed E-state index contributed by atoms with van der Waals surface area (Å²) < 4.78 is 3.26. The number of hydrogen-bond acceptors (Lipinski definition) is 3. The average Bonchev–Trinajstić information content (AvgIpc) is 3.32. The van der Waals surface area contributed by atoms with Crippen molar-refractivity contribution in [2.24, 2.45) is 0 Å². The molecule has 1 saturated heterocycles. The van der Waals surface area contributed by atoms with Gasteiger partial charge >= 0.3 is 0 Å². The molecule has 0 amide bonds. The summed E-state index contributed by atoms with van der Waals surface area (Å²) in [7, 11) is 0. The third-order valence-electron chi connectivity index (χ3n) is 6.17. The zero-order valence-corrected chi connectivity index (χ0v) is 21.7. The Morgan fingerprint density at radius 1 is 1.06 bits per heavy atom. The van der Waals surface area contributed by atoms with Crippen LogP contribution >= 0.6 is 39.7 Å². The minimum atomic E-state index is -0.248. The minimum absolute atomic E-state index is 0.113. The number of aryl methyl sites for hydroxylation is 1. The van der Waals surface area contributed by atoms with E-state index >= 15 is 0 Å². The van der Waals surface area contributed by atoms with E-state index in [0.717, 1.165) is 32.8 Å². The van der Waals surface area contributed by atoms with Crippen LogP contribution in [-0.4, -0.2) is 19.8 Å². The number of benzene rings is 2. The topological polar surface area (TPSA) is 53.3 Å². The summed E-state index contributed by atoms with van der Waals surface area (Å²) in [5.74, 6) is 0.113. The molecule has 1 fully saturated rings. The molecule has 1 aliphatic heterocycles. The summed E-state index contributed by atoms with van der Waals surface area (Å²) in [5.41, 5.74) is 5.77. The molecule has 8 heteroatoms. The number of pyridine rings is 1. The summed E-state index contributed by atoms with van der Waals surface area (Å²) in [4.78, 5) is 6.56. The Bertz CT molecular complexity index is 1370. The Hall–Kier alpha value is -2.87. The molecule has 0 spiro atoms. The number of thiocarbonyl (C=S) groups is 1. The van der Waals surface area contributed by atoms with Crippen LogP contribution in [0.2, 0.25) is 5.02 Å². The van der Waals surface area contributed by atoms with Crippen LogP contribution in [0.5, 0.6) is 5.75 Å². The Morgan fingerprint density at radius 3 is 2.53 bits per heavy atom. The van der Waals surface area contributed by atoms with Gasteiger partial charge in [-0.15, -0.1) is 0 Å². The number of aromatic nitrogens is 2. The first-order valence-corrected chi connectivity index (χ1v) is 12.4. The molecule has 34 heavy (non-hydrogen) atoms. The maximum atomic E-state index is 10.8. The lowest BCUT2D eigenvalue weighted by Crippen LogP contribution is -2.29. The smallest absolute Gasteiger partial charge is 0.174 e. The van der Waals surface area contributed by atoms with E-state index in [4.69, 9.17) is 23.8 Å². The summed E-state index contributed by atoms with van der Waals surface area (Å²) >= 11 is 15.6. The fourth-order valence-corrected chi connectivity index (χ4v) is 5.46. The first-order valence-electron chi connectivity index (χ1n) is 10.8. The maximum Gasteiger partial charge on any atom is 0.174 e. The molecule has 5 nitrogen and oxygen atoms in total. The van der Waals surface area contributed by atoms with Crippen LogP contribution in [0.3, 0.4) is 0 Å². The van der Waals surface area contributed by atoms with Crippen molar-refractivity contribution < 1.29 is 5.11 Å². The van der Waals surface area contributed by atoms with E-state index in [9.17, 15) is 5.11 Å². The van der Waals surface area contributed by atoms with Crippen LogP contribution in [0.25, 0.3) is 5.69 Å². The van der Waals surface area contributed by atoms with Crippen molar-refractivity contribution in [3.05, 3.63) is 105 Å². The van der Waals surface area contributed by atoms with E-state index in [1.807, 2.05) is 35.2 Å². The Kier molecular flexibility index (Phi) is 6.10. The largest absolute Gasteiger partial charge is 0.506 e. The van der Waals surface area contributed by atoms with Gasteiger partial charge in [0.15, 0.2) is 5.11 Å². The molecule has 0 aliphatic carbocycles. The van der Waals surface area contributed by atoms with Crippen molar-refractivity contribution in [3.63, 3.8) is 0 Å². The third kappa shape index (κ3) is 3.98. The van der Waals surface area contributed by atoms with Gasteiger partial charge in [0.25, 0.3) is 0 Å². The van der Waals surface area contributed by atoms with Crippen molar-refractivity contribution in [1.82, 2.24) is 14.9 Å². The van der Waals surface area contributed by atoms with Gasteiger partial charge in [-0.05, 0) is 92.3 Å². The van der Waals surface area contributed by atoms with Crippen molar-refractivity contribution >= 4 is 50.5 Å². The van der Waals surface area contributed by atoms with Crippen molar-refractivity contribution in [2.45, 2.75) is 25.9 Å². The molecule has 5 rings (SSSR count). The molecule has 4 aromatic rings. The number of rotatable bonds is 4. The van der Waals surface area contributed by atoms with E-state index in [0.29, 0.717) is 15.8 Å². The van der Waals surface area contributed by atoms with Gasteiger partial charge < -0.3 is 19.9 Å². The van der Waals surface area contributed by atoms with Gasteiger partial charge in [0.05, 0.1) is 23.5 Å². The van der Waals surface area contributed by atoms with E-state index in [1.54, 1.807) is 24.4 Å². The summed E-state index contributed by atoms with van der Waals surface area (Å²) in [6.45, 7) is 4.20. The molecule has 172 valence electrons. The van der Waals surface area contributed by atoms with Gasteiger partial charge in [-0.1, -0.05) is 33.6 Å². The molecule has 3 heterocycles. The zero-order valence-electron chi connectivity index (χ0n) is 18.5. The number of nitrogens with one attached hydrogen (secondary N) is 1. The van der Waals surface area contributed by atoms with E-state index in [-0.39, 0.29) is 17.8 Å². The van der Waals surface area contributed by atoms with Gasteiger partial charge in [-0.25, -0.2) is 0 Å². The van der Waals surface area contributed by atoms with Crippen LogP contribution < -0.4 is 10.2 Å². The Morgan fingerprint density at radius 2 is 1.82 bits per heavy atom. The van der Waals surface area contributed by atoms with Crippen LogP contribution in [0.1, 0.15) is 34.7 Å². The first-order chi connectivity index (χ1) is 16.3. The van der Waals surface area contributed by atoms with Gasteiger partial charge in [-0.3, -0.25) is 4.98 Å². The van der Waals surface area contributed by atoms with Gasteiger partial charge in [-0.2, -0.15) is 0 Å². The zero-order chi connectivity index (χ0) is 24.0. The summed E-state index contributed by atoms with van der Waals surface area (Å²) in [5, 5.41) is 15.2. The molecular formula is C26H22BrClN4OS. The Balaban J connectivity index is 1.70. The molecule has 0 saturated carbocycles. The van der Waals surface area contributed by atoms with Gasteiger partial charge in [0.2, 0.25) is 0 Å². The van der Waals surface area contributed by atoms with Crippen LogP contribution in [0, 0.1) is 13.8 Å². The molecule has 2 N–H and O–H groups in total. The molecular weight excluding hydrogens is 532 g/mol. The highest BCUT2D eigenvalue weighted by molar-refractivity contribution is 9.10. The second-order valence-electron chi connectivity index (χ2n) is 8.27. The number of aromatic hydroxyl groups is 1. The second kappa shape index (κ2) is 9.06. The SMILES string of the molecule is Cc1cc([C@H]2[C@@H](c3ccccn3)NC(=S)N2c2cc(Cl)ccc2O)c(C)n1-c1ccc(Br)cc1. The molecule has 2 aromatic carbocycles. The highest BCUT2D eigenvalue weighted by atomic mass is 79.9. The number of phenolic OH excluding ortho intramolecular Hbond substituents is 1. The summed E-state index contributed by atoms with van der Waals surface area (Å²) in [6.07, 6.45) is 1.78. The van der Waals surface area contributed by atoms with E-state index in [2.05, 4.69) is 62.8 Å². The number of nitrogens with zero attached hydrogens (tertiary/aromatic N) is 3. The molecule has 0 unspecified atom stereocenters. The van der Waals surface area contributed by atoms with E-state index in [1.165, 1.54) is 0 Å². The molecule has 1 aliphatic rings. The predicted molar refractivity (Wildman–Crippen MR) is 144 cm³/mol. The normalized spacial score (nSPS) is 17.8. The van der Waals surface area contributed by atoms with E-state index < -0.39 is 0 Å². The lowest BCUT2D eigenvalue weighted by molar-refractivity contribution is 0.472. The number of halogens is 2. The standard InChI is InChI=1S/C26H22BrClN4OS/c1-15-13-20(16(2)31(15)19-9-6-17(27)7-10-19)25-24(21-5-3-4-12-29-21)30-26(34)32(25)22-14-18(28)8-11-23(22)33/h3-14,24-25,33H,1-2H3,(H,30,34)/t24-,25+/m1/s1. The van der Waals surface area contributed by atoms with Crippen LogP contribution in [-0.2, 0) is 0 Å². The molecule has 0 radical (unpaired) electrons. The highest BCUT2D eigenvalue weighted by Gasteiger charge is 2.43. The van der Waals surface area contributed by atoms with Crippen LogP contribution in [0.4, 0.5) is 5.69 Å². The molecule has 2 atom stereocenters. The maximum absolute atomic E-state index is 10.8. The lowest BCUT2D eigenvalue weighted by atomic mass is 9.96. The summed E-state index contributed by atoms with van der Waals surface area (Å²) in [6, 6.07) is 20.8. The predicted octanol–water partition coefficient (Wildman–Crippen LogP) is 6.79. The number of phenols is 1. The Labute approximate surface area is 217 Å². The van der Waals surface area contributed by atoms with Gasteiger partial charge in [0.1, 0.15) is 5.75 Å². The first kappa shape index (κ1) is 22.9. The highest BCUT2D eigenvalue weighted by Crippen LogP contribution is 2.46. The number of hydrogen-bond donors (Lipinski definition) is 2. The fourth-order valence-electron chi connectivity index (χ4n) is 4.69. The quantitative estimate of drug-likeness (QED) is 0.273. The lowest BCUT2D eigenvalue weighted by Gasteiger charge is -2.28. The monoisotopic (exact) mass is 552 g/mol. The fraction of sp³-hybridized carbons (Fsp3) is 0.154. The average molecular weight is 554 g/mol. The van der Waals surface area contributed by atoms with Crippen molar-refractivity contribution in [2.75, 3.05) is 4.90 Å². The van der Waals surface area contributed by atoms with Crippen molar-refractivity contribution in [3.8, 4) is 11.4 Å². The molecule has 2 aromatic heterocycles. The third-order valence-corrected chi connectivity index (χ3v) is 7.25. The number of anilines is 1. The van der Waals surface area contributed by atoms with Crippen LogP contribution in [0.15, 0.2) is 77.4 Å².